The van der Waals surface area contributed by atoms with Crippen LogP contribution in [0.3, 0.4) is 0 Å². The Morgan fingerprint density at radius 1 is 1.25 bits per heavy atom. The van der Waals surface area contributed by atoms with Crippen molar-refractivity contribution in [1.29, 1.82) is 0 Å². The predicted octanol–water partition coefficient (Wildman–Crippen LogP) is 3.15. The van der Waals surface area contributed by atoms with Crippen molar-refractivity contribution in [1.82, 2.24) is 14.5 Å². The topological polar surface area (TPSA) is 56.7 Å². The molecular formula is C15H13FN4. The van der Waals surface area contributed by atoms with Gasteiger partial charge in [0.25, 0.3) is 0 Å². The Balaban J connectivity index is 2.01. The van der Waals surface area contributed by atoms with E-state index in [2.05, 4.69) is 14.5 Å². The minimum atomic E-state index is -0.331. The van der Waals surface area contributed by atoms with Crippen molar-refractivity contribution >= 4 is 16.7 Å². The van der Waals surface area contributed by atoms with E-state index < -0.39 is 0 Å². The fraction of sp³-hybridized carbons (Fsp3) is 0.200. The van der Waals surface area contributed by atoms with Crippen molar-refractivity contribution in [3.8, 4) is 11.4 Å². The molecule has 1 fully saturated rings. The first kappa shape index (κ1) is 11.4. The largest absolute Gasteiger partial charge is 0.398 e. The summed E-state index contributed by atoms with van der Waals surface area (Å²) in [5.41, 5.74) is 9.04. The third-order valence-corrected chi connectivity index (χ3v) is 3.66. The molecule has 1 aliphatic rings. The number of pyridine rings is 1. The molecule has 20 heavy (non-hydrogen) atoms. The molecule has 0 radical (unpaired) electrons. The van der Waals surface area contributed by atoms with Crippen LogP contribution >= 0.6 is 0 Å². The minimum Gasteiger partial charge on any atom is -0.398 e. The van der Waals surface area contributed by atoms with E-state index >= 15 is 0 Å². The molecule has 4 rings (SSSR count). The normalized spacial score (nSPS) is 14.8. The van der Waals surface area contributed by atoms with Crippen molar-refractivity contribution < 1.29 is 4.39 Å². The molecule has 0 spiro atoms. The number of halogens is 1. The molecule has 0 aliphatic heterocycles. The lowest BCUT2D eigenvalue weighted by Gasteiger charge is -2.09. The molecule has 0 unspecified atom stereocenters. The lowest BCUT2D eigenvalue weighted by Crippen LogP contribution is -2.00. The molecule has 0 saturated heterocycles. The zero-order chi connectivity index (χ0) is 13.7. The van der Waals surface area contributed by atoms with Crippen molar-refractivity contribution in [2.24, 2.45) is 0 Å². The van der Waals surface area contributed by atoms with E-state index in [9.17, 15) is 4.39 Å². The van der Waals surface area contributed by atoms with Gasteiger partial charge in [-0.1, -0.05) is 0 Å². The summed E-state index contributed by atoms with van der Waals surface area (Å²) in [5.74, 6) is 0.468. The van der Waals surface area contributed by atoms with Crippen LogP contribution in [0.5, 0.6) is 0 Å². The summed E-state index contributed by atoms with van der Waals surface area (Å²) in [6, 6.07) is 6.87. The highest BCUT2D eigenvalue weighted by molar-refractivity contribution is 5.83. The van der Waals surface area contributed by atoms with Crippen molar-refractivity contribution in [2.75, 3.05) is 5.73 Å². The highest BCUT2D eigenvalue weighted by Crippen LogP contribution is 2.42. The SMILES string of the molecule is Nc1cc(F)ccc1-c1nc2cnccc2n1C1CC1. The number of rotatable bonds is 2. The standard InChI is InChI=1S/C15H13FN4/c16-9-1-4-11(12(17)7-9)15-19-13-8-18-6-5-14(13)20(15)10-2-3-10/h1,4-8,10H,2-3,17H2. The Morgan fingerprint density at radius 3 is 2.85 bits per heavy atom. The van der Waals surface area contributed by atoms with Gasteiger partial charge in [0.2, 0.25) is 0 Å². The van der Waals surface area contributed by atoms with Gasteiger partial charge < -0.3 is 10.3 Å². The zero-order valence-electron chi connectivity index (χ0n) is 10.8. The molecule has 2 aromatic heterocycles. The van der Waals surface area contributed by atoms with E-state index in [1.807, 2.05) is 6.07 Å². The van der Waals surface area contributed by atoms with Crippen LogP contribution in [-0.2, 0) is 0 Å². The van der Waals surface area contributed by atoms with Crippen molar-refractivity contribution in [3.63, 3.8) is 0 Å². The Labute approximate surface area is 115 Å². The summed E-state index contributed by atoms with van der Waals surface area (Å²) in [5, 5.41) is 0. The molecule has 100 valence electrons. The maximum atomic E-state index is 13.2. The van der Waals surface area contributed by atoms with E-state index in [1.165, 1.54) is 12.1 Å². The molecule has 5 heteroatoms. The van der Waals surface area contributed by atoms with E-state index in [4.69, 9.17) is 5.73 Å². The average Bonchev–Trinajstić information content (AvgIpc) is 3.19. The number of anilines is 1. The van der Waals surface area contributed by atoms with E-state index in [-0.39, 0.29) is 5.82 Å². The first-order valence-corrected chi connectivity index (χ1v) is 6.61. The maximum absolute atomic E-state index is 13.2. The number of hydrogen-bond donors (Lipinski definition) is 1. The van der Waals surface area contributed by atoms with Gasteiger partial charge in [0.15, 0.2) is 0 Å². The Kier molecular flexibility index (Phi) is 2.30. The van der Waals surface area contributed by atoms with Crippen LogP contribution in [0.25, 0.3) is 22.4 Å². The monoisotopic (exact) mass is 268 g/mol. The summed E-state index contributed by atoms with van der Waals surface area (Å²) in [6.45, 7) is 0. The number of hydrogen-bond acceptors (Lipinski definition) is 3. The lowest BCUT2D eigenvalue weighted by molar-refractivity contribution is 0.628. The number of nitrogens with two attached hydrogens (primary N) is 1. The molecule has 1 aliphatic carbocycles. The van der Waals surface area contributed by atoms with Crippen LogP contribution in [0.2, 0.25) is 0 Å². The highest BCUT2D eigenvalue weighted by Gasteiger charge is 2.29. The number of nitrogen functional groups attached to an aromatic ring is 1. The fourth-order valence-electron chi connectivity index (χ4n) is 2.58. The van der Waals surface area contributed by atoms with Crippen LogP contribution in [0.1, 0.15) is 18.9 Å². The predicted molar refractivity (Wildman–Crippen MR) is 75.6 cm³/mol. The van der Waals surface area contributed by atoms with E-state index in [1.54, 1.807) is 18.5 Å². The van der Waals surface area contributed by atoms with Crippen LogP contribution in [0.15, 0.2) is 36.7 Å². The summed E-state index contributed by atoms with van der Waals surface area (Å²) < 4.78 is 15.4. The Morgan fingerprint density at radius 2 is 2.10 bits per heavy atom. The van der Waals surface area contributed by atoms with Gasteiger partial charge in [-0.05, 0) is 37.1 Å². The second-order valence-electron chi connectivity index (χ2n) is 5.13. The van der Waals surface area contributed by atoms with Crippen molar-refractivity contribution in [2.45, 2.75) is 18.9 Å². The fourth-order valence-corrected chi connectivity index (χ4v) is 2.58. The number of aromatic nitrogens is 3. The van der Waals surface area contributed by atoms with Crippen LogP contribution in [-0.4, -0.2) is 14.5 Å². The van der Waals surface area contributed by atoms with Gasteiger partial charge in [0, 0.05) is 23.5 Å². The quantitative estimate of drug-likeness (QED) is 0.726. The van der Waals surface area contributed by atoms with Crippen molar-refractivity contribution in [3.05, 3.63) is 42.5 Å². The van der Waals surface area contributed by atoms with Gasteiger partial charge in [-0.2, -0.15) is 0 Å². The van der Waals surface area contributed by atoms with Gasteiger partial charge in [0.1, 0.15) is 17.2 Å². The average molecular weight is 268 g/mol. The van der Waals surface area contributed by atoms with E-state index in [0.717, 1.165) is 35.3 Å². The molecule has 0 bridgehead atoms. The third kappa shape index (κ3) is 1.66. The minimum absolute atomic E-state index is 0.331. The van der Waals surface area contributed by atoms with Crippen LogP contribution < -0.4 is 5.73 Å². The Bertz CT molecular complexity index is 805. The van der Waals surface area contributed by atoms with Gasteiger partial charge in [0.05, 0.1) is 11.7 Å². The number of fused-ring (bicyclic) bond motifs is 1. The second-order valence-corrected chi connectivity index (χ2v) is 5.13. The molecule has 0 amide bonds. The highest BCUT2D eigenvalue weighted by atomic mass is 19.1. The molecule has 2 heterocycles. The lowest BCUT2D eigenvalue weighted by atomic mass is 10.1. The number of nitrogens with zero attached hydrogens (tertiary/aromatic N) is 3. The zero-order valence-corrected chi connectivity index (χ0v) is 10.8. The summed E-state index contributed by atoms with van der Waals surface area (Å²) in [4.78, 5) is 8.74. The summed E-state index contributed by atoms with van der Waals surface area (Å²) >= 11 is 0. The first-order chi connectivity index (χ1) is 9.74. The van der Waals surface area contributed by atoms with Gasteiger partial charge >= 0.3 is 0 Å². The summed E-state index contributed by atoms with van der Waals surface area (Å²) in [7, 11) is 0. The molecule has 2 N–H and O–H groups in total. The molecular weight excluding hydrogens is 255 g/mol. The van der Waals surface area contributed by atoms with Gasteiger partial charge in [-0.15, -0.1) is 0 Å². The van der Waals surface area contributed by atoms with Crippen LogP contribution in [0, 0.1) is 5.82 Å². The van der Waals surface area contributed by atoms with Gasteiger partial charge in [-0.25, -0.2) is 9.37 Å². The molecule has 4 nitrogen and oxygen atoms in total. The first-order valence-electron chi connectivity index (χ1n) is 6.61. The Hall–Kier alpha value is -2.43. The van der Waals surface area contributed by atoms with Gasteiger partial charge in [-0.3, -0.25) is 4.98 Å². The number of benzene rings is 1. The van der Waals surface area contributed by atoms with Crippen LogP contribution in [0.4, 0.5) is 10.1 Å². The molecule has 0 atom stereocenters. The molecule has 1 aromatic carbocycles. The van der Waals surface area contributed by atoms with E-state index in [0.29, 0.717) is 11.7 Å². The molecule has 3 aromatic rings. The maximum Gasteiger partial charge on any atom is 0.143 e. The smallest absolute Gasteiger partial charge is 0.143 e. The summed E-state index contributed by atoms with van der Waals surface area (Å²) in [6.07, 6.45) is 5.79. The number of imidazole rings is 1. The molecule has 1 saturated carbocycles. The third-order valence-electron chi connectivity index (χ3n) is 3.66. The second kappa shape index (κ2) is 4.03.